The summed E-state index contributed by atoms with van der Waals surface area (Å²) < 4.78 is 7.70. The first-order chi connectivity index (χ1) is 10.2. The third-order valence-corrected chi connectivity index (χ3v) is 3.90. The van der Waals surface area contributed by atoms with Crippen molar-refractivity contribution in [1.82, 2.24) is 4.68 Å². The van der Waals surface area contributed by atoms with Gasteiger partial charge in [0, 0.05) is 25.2 Å². The zero-order valence-electron chi connectivity index (χ0n) is 12.0. The van der Waals surface area contributed by atoms with Gasteiger partial charge in [-0.25, -0.2) is 4.68 Å². The van der Waals surface area contributed by atoms with Crippen LogP contribution in [0.25, 0.3) is 11.1 Å². The Balaban J connectivity index is 1.97. The van der Waals surface area contributed by atoms with Crippen LogP contribution in [0.3, 0.4) is 0 Å². The van der Waals surface area contributed by atoms with Crippen LogP contribution in [0.15, 0.2) is 16.5 Å². The topological polar surface area (TPSA) is 91.0 Å². The third kappa shape index (κ3) is 2.54. The van der Waals surface area contributed by atoms with Crippen LogP contribution in [0.1, 0.15) is 12.8 Å². The fourth-order valence-electron chi connectivity index (χ4n) is 2.94. The number of aliphatic hydroxyl groups is 2. The largest absolute Gasteiger partial charge is 0.439 e. The molecule has 0 atom stereocenters. The van der Waals surface area contributed by atoms with E-state index in [0.717, 1.165) is 30.1 Å². The van der Waals surface area contributed by atoms with Gasteiger partial charge in [0.05, 0.1) is 26.3 Å². The van der Waals surface area contributed by atoms with Crippen molar-refractivity contribution in [2.24, 2.45) is 0 Å². The summed E-state index contributed by atoms with van der Waals surface area (Å²) in [4.78, 5) is 2.23. The van der Waals surface area contributed by atoms with Gasteiger partial charge in [0.15, 0.2) is 11.5 Å². The van der Waals surface area contributed by atoms with E-state index in [1.54, 1.807) is 6.07 Å². The predicted molar refractivity (Wildman–Crippen MR) is 82.2 cm³/mol. The molecule has 3 rings (SSSR count). The van der Waals surface area contributed by atoms with Gasteiger partial charge in [-0.05, 0) is 12.8 Å². The number of hydrogen-bond acceptors (Lipinski definition) is 6. The normalized spacial score (nSPS) is 15.2. The highest BCUT2D eigenvalue weighted by Crippen LogP contribution is 2.31. The first-order valence-corrected chi connectivity index (χ1v) is 7.37. The molecule has 0 bridgehead atoms. The van der Waals surface area contributed by atoms with Crippen LogP contribution in [-0.2, 0) is 0 Å². The number of hydrogen-bond donors (Lipinski definition) is 3. The van der Waals surface area contributed by atoms with E-state index < -0.39 is 0 Å². The fraction of sp³-hybridized carbons (Fsp3) is 0.571. The summed E-state index contributed by atoms with van der Waals surface area (Å²) in [6.07, 6.45) is 2.38. The maximum absolute atomic E-state index is 9.19. The first kappa shape index (κ1) is 14.1. The minimum atomic E-state index is -0.00402. The molecule has 0 spiro atoms. The Morgan fingerprint density at radius 3 is 2.43 bits per heavy atom. The molecule has 1 saturated heterocycles. The highest BCUT2D eigenvalue weighted by atomic mass is 16.4. The molecule has 0 amide bonds. The molecule has 2 aromatic rings. The van der Waals surface area contributed by atoms with E-state index in [2.05, 4.69) is 4.90 Å². The number of rotatable bonds is 6. The summed E-state index contributed by atoms with van der Waals surface area (Å²) in [5.41, 5.74) is 7.65. The molecule has 0 aromatic carbocycles. The quantitative estimate of drug-likeness (QED) is 0.711. The van der Waals surface area contributed by atoms with Gasteiger partial charge in [-0.1, -0.05) is 0 Å². The Bertz CT molecular complexity index is 595. The Morgan fingerprint density at radius 1 is 1.14 bits per heavy atom. The SMILES string of the molecule is Nc1cc2oc(N3CCCC3)cc2n1N(CCO)CCO. The molecule has 7 nitrogen and oxygen atoms in total. The Hall–Kier alpha value is -1.86. The molecule has 1 aliphatic heterocycles. The van der Waals surface area contributed by atoms with E-state index in [-0.39, 0.29) is 13.2 Å². The lowest BCUT2D eigenvalue weighted by atomic mass is 10.4. The van der Waals surface area contributed by atoms with Crippen LogP contribution in [0.5, 0.6) is 0 Å². The van der Waals surface area contributed by atoms with Crippen molar-refractivity contribution in [2.75, 3.05) is 55.0 Å². The van der Waals surface area contributed by atoms with Crippen molar-refractivity contribution in [2.45, 2.75) is 12.8 Å². The molecule has 1 aliphatic rings. The highest BCUT2D eigenvalue weighted by Gasteiger charge is 2.21. The van der Waals surface area contributed by atoms with Gasteiger partial charge < -0.3 is 30.3 Å². The van der Waals surface area contributed by atoms with Gasteiger partial charge in [-0.3, -0.25) is 0 Å². The number of fused-ring (bicyclic) bond motifs is 1. The van der Waals surface area contributed by atoms with Crippen LogP contribution in [-0.4, -0.2) is 54.3 Å². The van der Waals surface area contributed by atoms with E-state index in [4.69, 9.17) is 10.2 Å². The monoisotopic (exact) mass is 294 g/mol. The summed E-state index contributed by atoms with van der Waals surface area (Å²) in [5, 5.41) is 20.2. The Kier molecular flexibility index (Phi) is 3.94. The third-order valence-electron chi connectivity index (χ3n) is 3.90. The zero-order chi connectivity index (χ0) is 14.8. The van der Waals surface area contributed by atoms with E-state index in [0.29, 0.717) is 18.9 Å². The molecule has 7 heteroatoms. The number of aliphatic hydroxyl groups excluding tert-OH is 2. The number of nitrogens with zero attached hydrogens (tertiary/aromatic N) is 3. The Morgan fingerprint density at radius 2 is 1.81 bits per heavy atom. The van der Waals surface area contributed by atoms with Crippen LogP contribution in [0.4, 0.5) is 11.7 Å². The number of nitrogens with two attached hydrogens (primary N) is 1. The van der Waals surface area contributed by atoms with E-state index >= 15 is 0 Å². The number of anilines is 2. The van der Waals surface area contributed by atoms with Crippen LogP contribution in [0, 0.1) is 0 Å². The standard InChI is InChI=1S/C14H22N4O3/c15-13-10-12-11(18(13)17(5-7-19)6-8-20)9-14(21-12)16-3-1-2-4-16/h9-10,19-20H,1-8,15H2. The molecule has 4 N–H and O–H groups in total. The molecule has 116 valence electrons. The summed E-state index contributed by atoms with van der Waals surface area (Å²) in [5.74, 6) is 1.40. The van der Waals surface area contributed by atoms with Gasteiger partial charge in [0.1, 0.15) is 11.3 Å². The van der Waals surface area contributed by atoms with E-state index in [9.17, 15) is 10.2 Å². The molecule has 0 radical (unpaired) electrons. The molecule has 21 heavy (non-hydrogen) atoms. The smallest absolute Gasteiger partial charge is 0.198 e. The number of nitrogen functional groups attached to an aromatic ring is 1. The van der Waals surface area contributed by atoms with Gasteiger partial charge in [-0.15, -0.1) is 0 Å². The lowest BCUT2D eigenvalue weighted by Crippen LogP contribution is -2.39. The molecule has 2 aromatic heterocycles. The molecular weight excluding hydrogens is 272 g/mol. The molecule has 0 unspecified atom stereocenters. The van der Waals surface area contributed by atoms with Gasteiger partial charge >= 0.3 is 0 Å². The molecule has 0 saturated carbocycles. The van der Waals surface area contributed by atoms with Crippen molar-refractivity contribution in [3.05, 3.63) is 12.1 Å². The average Bonchev–Trinajstić information content (AvgIpc) is 3.13. The zero-order valence-corrected chi connectivity index (χ0v) is 12.0. The average molecular weight is 294 g/mol. The second kappa shape index (κ2) is 5.87. The van der Waals surface area contributed by atoms with Crippen molar-refractivity contribution < 1.29 is 14.6 Å². The van der Waals surface area contributed by atoms with Gasteiger partial charge in [0.2, 0.25) is 0 Å². The number of aromatic nitrogens is 1. The van der Waals surface area contributed by atoms with Crippen molar-refractivity contribution in [3.8, 4) is 0 Å². The van der Waals surface area contributed by atoms with Crippen molar-refractivity contribution in [3.63, 3.8) is 0 Å². The maximum Gasteiger partial charge on any atom is 0.198 e. The minimum absolute atomic E-state index is 0.00402. The first-order valence-electron chi connectivity index (χ1n) is 7.37. The second-order valence-corrected chi connectivity index (χ2v) is 5.31. The lowest BCUT2D eigenvalue weighted by Gasteiger charge is -2.25. The lowest BCUT2D eigenvalue weighted by molar-refractivity contribution is 0.267. The van der Waals surface area contributed by atoms with Crippen LogP contribution < -0.4 is 15.6 Å². The second-order valence-electron chi connectivity index (χ2n) is 5.31. The van der Waals surface area contributed by atoms with Crippen molar-refractivity contribution in [1.29, 1.82) is 0 Å². The molecule has 0 aliphatic carbocycles. The van der Waals surface area contributed by atoms with Crippen molar-refractivity contribution >= 4 is 22.8 Å². The number of furan rings is 1. The highest BCUT2D eigenvalue weighted by molar-refractivity contribution is 5.83. The summed E-state index contributed by atoms with van der Waals surface area (Å²) in [7, 11) is 0. The van der Waals surface area contributed by atoms with E-state index in [1.807, 2.05) is 15.8 Å². The van der Waals surface area contributed by atoms with Crippen LogP contribution >= 0.6 is 0 Å². The maximum atomic E-state index is 9.19. The van der Waals surface area contributed by atoms with Crippen LogP contribution in [0.2, 0.25) is 0 Å². The molecular formula is C14H22N4O3. The molecule has 1 fully saturated rings. The summed E-state index contributed by atoms with van der Waals surface area (Å²) in [6, 6.07) is 3.77. The van der Waals surface area contributed by atoms with Gasteiger partial charge in [-0.2, -0.15) is 0 Å². The van der Waals surface area contributed by atoms with Gasteiger partial charge in [0.25, 0.3) is 0 Å². The predicted octanol–water partition coefficient (Wildman–Crippen LogP) is 0.339. The minimum Gasteiger partial charge on any atom is -0.439 e. The fourth-order valence-corrected chi connectivity index (χ4v) is 2.94. The summed E-state index contributed by atoms with van der Waals surface area (Å²) in [6.45, 7) is 2.83. The van der Waals surface area contributed by atoms with E-state index in [1.165, 1.54) is 12.8 Å². The summed E-state index contributed by atoms with van der Waals surface area (Å²) >= 11 is 0. The molecule has 3 heterocycles. The Labute approximate surface area is 123 Å².